The molecule has 0 unspecified atom stereocenters. The first kappa shape index (κ1) is 7.54. The molecule has 0 heterocycles. The predicted molar refractivity (Wildman–Crippen MR) is 35.7 cm³/mol. The van der Waals surface area contributed by atoms with Crippen molar-refractivity contribution in [3.63, 3.8) is 0 Å². The van der Waals surface area contributed by atoms with E-state index in [-0.39, 0.29) is 0 Å². The Hall–Kier alpha value is -0.460. The van der Waals surface area contributed by atoms with Crippen LogP contribution >= 0.6 is 0 Å². The van der Waals surface area contributed by atoms with Gasteiger partial charge in [-0.15, -0.1) is 0 Å². The van der Waals surface area contributed by atoms with Gasteiger partial charge >= 0.3 is 0 Å². The fraction of sp³-hybridized carbons (Fsp3) is 0.714. The molecule has 0 radical (unpaired) electrons. The zero-order chi connectivity index (χ0) is 6.24. The summed E-state index contributed by atoms with van der Waals surface area (Å²) in [5.41, 5.74) is 0. The van der Waals surface area contributed by atoms with Gasteiger partial charge < -0.3 is 4.74 Å². The molecule has 0 aliphatic carbocycles. The Morgan fingerprint density at radius 3 is 2.62 bits per heavy atom. The quantitative estimate of drug-likeness (QED) is 0.402. The number of hydrogen-bond acceptors (Lipinski definition) is 1. The summed E-state index contributed by atoms with van der Waals surface area (Å²) < 4.78 is 5.04. The molecule has 0 bridgehead atoms. The fourth-order valence-electron chi connectivity index (χ4n) is 0.350. The summed E-state index contributed by atoms with van der Waals surface area (Å²) in [5.74, 6) is 0. The normalized spacial score (nSPS) is 10.2. The van der Waals surface area contributed by atoms with Crippen LogP contribution in [0.15, 0.2) is 12.3 Å². The number of ether oxygens (including phenoxy) is 1. The summed E-state index contributed by atoms with van der Waals surface area (Å²) >= 11 is 0. The highest BCUT2D eigenvalue weighted by molar-refractivity contribution is 4.69. The second kappa shape index (κ2) is 6.54. The van der Waals surface area contributed by atoms with E-state index < -0.39 is 0 Å². The molecule has 0 aromatic rings. The van der Waals surface area contributed by atoms with Crippen LogP contribution in [-0.2, 0) is 4.74 Å². The van der Waals surface area contributed by atoms with Crippen LogP contribution in [0.5, 0.6) is 0 Å². The van der Waals surface area contributed by atoms with E-state index in [1.807, 2.05) is 6.08 Å². The van der Waals surface area contributed by atoms with Crippen LogP contribution in [0.4, 0.5) is 0 Å². The Bertz CT molecular complexity index is 57.4. The summed E-state index contributed by atoms with van der Waals surface area (Å²) in [4.78, 5) is 0. The maximum atomic E-state index is 5.04. The first-order chi connectivity index (χ1) is 3.91. The third-order valence-corrected chi connectivity index (χ3v) is 0.750. The molecular formula is C7H14O. The van der Waals surface area contributed by atoms with Gasteiger partial charge in [0.25, 0.3) is 0 Å². The molecule has 0 atom stereocenters. The van der Waals surface area contributed by atoms with E-state index in [2.05, 4.69) is 13.8 Å². The van der Waals surface area contributed by atoms with E-state index in [1.54, 1.807) is 6.26 Å². The fourth-order valence-corrected chi connectivity index (χ4v) is 0.350. The van der Waals surface area contributed by atoms with Crippen LogP contribution in [0.25, 0.3) is 0 Å². The van der Waals surface area contributed by atoms with Gasteiger partial charge in [-0.1, -0.05) is 19.9 Å². The molecule has 0 saturated carbocycles. The Kier molecular flexibility index (Phi) is 6.16. The number of rotatable bonds is 4. The Morgan fingerprint density at radius 1 is 1.38 bits per heavy atom. The second-order valence-electron chi connectivity index (χ2n) is 1.65. The van der Waals surface area contributed by atoms with Crippen molar-refractivity contribution in [1.29, 1.82) is 0 Å². The van der Waals surface area contributed by atoms with Gasteiger partial charge in [-0.2, -0.15) is 0 Å². The minimum Gasteiger partial charge on any atom is -0.502 e. The van der Waals surface area contributed by atoms with Gasteiger partial charge in [0.15, 0.2) is 0 Å². The molecule has 0 spiro atoms. The Labute approximate surface area is 51.4 Å². The van der Waals surface area contributed by atoms with E-state index >= 15 is 0 Å². The van der Waals surface area contributed by atoms with Gasteiger partial charge in [-0.25, -0.2) is 0 Å². The third kappa shape index (κ3) is 5.54. The van der Waals surface area contributed by atoms with Crippen molar-refractivity contribution < 1.29 is 4.74 Å². The van der Waals surface area contributed by atoms with Crippen LogP contribution in [0, 0.1) is 0 Å². The molecule has 0 saturated heterocycles. The molecule has 0 rings (SSSR count). The highest BCUT2D eigenvalue weighted by Gasteiger charge is 1.72. The molecule has 0 fully saturated rings. The molecule has 48 valence electrons. The highest BCUT2D eigenvalue weighted by atomic mass is 16.5. The van der Waals surface area contributed by atoms with Crippen LogP contribution in [0.1, 0.15) is 26.7 Å². The summed E-state index contributed by atoms with van der Waals surface area (Å²) in [5, 5.41) is 0. The standard InChI is InChI=1S/C7H14O/c1-3-5-7-8-6-4-2/h5,7H,3-4,6H2,1-2H3/b7-5+. The molecule has 0 aliphatic heterocycles. The van der Waals surface area contributed by atoms with E-state index in [0.717, 1.165) is 19.4 Å². The zero-order valence-electron chi connectivity index (χ0n) is 5.68. The van der Waals surface area contributed by atoms with Gasteiger partial charge in [-0.05, 0) is 12.8 Å². The minimum atomic E-state index is 0.844. The largest absolute Gasteiger partial charge is 0.502 e. The molecular weight excluding hydrogens is 100 g/mol. The summed E-state index contributed by atoms with van der Waals surface area (Å²) in [6.45, 7) is 5.03. The van der Waals surface area contributed by atoms with Crippen molar-refractivity contribution >= 4 is 0 Å². The lowest BCUT2D eigenvalue weighted by Gasteiger charge is -1.92. The average molecular weight is 114 g/mol. The smallest absolute Gasteiger partial charge is 0.0870 e. The van der Waals surface area contributed by atoms with E-state index in [1.165, 1.54) is 0 Å². The molecule has 1 heteroatoms. The third-order valence-electron chi connectivity index (χ3n) is 0.750. The summed E-state index contributed by atoms with van der Waals surface area (Å²) in [6, 6.07) is 0. The van der Waals surface area contributed by atoms with E-state index in [0.29, 0.717) is 0 Å². The van der Waals surface area contributed by atoms with Crippen molar-refractivity contribution in [1.82, 2.24) is 0 Å². The van der Waals surface area contributed by atoms with Crippen molar-refractivity contribution in [2.75, 3.05) is 6.61 Å². The second-order valence-corrected chi connectivity index (χ2v) is 1.65. The van der Waals surface area contributed by atoms with Crippen LogP contribution in [-0.4, -0.2) is 6.61 Å². The zero-order valence-corrected chi connectivity index (χ0v) is 5.68. The lowest BCUT2D eigenvalue weighted by atomic mass is 10.5. The number of allylic oxidation sites excluding steroid dienone is 1. The van der Waals surface area contributed by atoms with Gasteiger partial charge in [0.05, 0.1) is 12.9 Å². The van der Waals surface area contributed by atoms with Crippen molar-refractivity contribution in [3.8, 4) is 0 Å². The van der Waals surface area contributed by atoms with Crippen molar-refractivity contribution in [3.05, 3.63) is 12.3 Å². The maximum absolute atomic E-state index is 5.04. The predicted octanol–water partition coefficient (Wildman–Crippen LogP) is 2.34. The van der Waals surface area contributed by atoms with Crippen molar-refractivity contribution in [2.45, 2.75) is 26.7 Å². The Morgan fingerprint density at radius 2 is 2.12 bits per heavy atom. The summed E-state index contributed by atoms with van der Waals surface area (Å²) in [7, 11) is 0. The molecule has 0 N–H and O–H groups in total. The highest BCUT2D eigenvalue weighted by Crippen LogP contribution is 1.83. The molecule has 0 aromatic heterocycles. The monoisotopic (exact) mass is 114 g/mol. The first-order valence-electron chi connectivity index (χ1n) is 3.18. The molecule has 0 amide bonds. The van der Waals surface area contributed by atoms with Gasteiger partial charge in [0, 0.05) is 0 Å². The molecule has 0 aromatic carbocycles. The average Bonchev–Trinajstić information content (AvgIpc) is 1.81. The first-order valence-corrected chi connectivity index (χ1v) is 3.18. The maximum Gasteiger partial charge on any atom is 0.0870 e. The van der Waals surface area contributed by atoms with Crippen LogP contribution in [0.2, 0.25) is 0 Å². The Balaban J connectivity index is 2.80. The van der Waals surface area contributed by atoms with Crippen LogP contribution in [0.3, 0.4) is 0 Å². The molecule has 0 aliphatic rings. The lowest BCUT2D eigenvalue weighted by Crippen LogP contribution is -1.81. The van der Waals surface area contributed by atoms with Crippen LogP contribution < -0.4 is 0 Å². The molecule has 8 heavy (non-hydrogen) atoms. The van der Waals surface area contributed by atoms with Gasteiger partial charge in [0.2, 0.25) is 0 Å². The van der Waals surface area contributed by atoms with E-state index in [4.69, 9.17) is 4.74 Å². The topological polar surface area (TPSA) is 9.23 Å². The lowest BCUT2D eigenvalue weighted by molar-refractivity contribution is 0.249. The van der Waals surface area contributed by atoms with Gasteiger partial charge in [-0.3, -0.25) is 0 Å². The molecule has 1 nitrogen and oxygen atoms in total. The van der Waals surface area contributed by atoms with Gasteiger partial charge in [0.1, 0.15) is 0 Å². The number of hydrogen-bond donors (Lipinski definition) is 0. The minimum absolute atomic E-state index is 0.844. The summed E-state index contributed by atoms with van der Waals surface area (Å²) in [6.07, 6.45) is 5.93. The van der Waals surface area contributed by atoms with E-state index in [9.17, 15) is 0 Å². The SMILES string of the molecule is CC/C=C/OCCC. The van der Waals surface area contributed by atoms with Crippen molar-refractivity contribution in [2.24, 2.45) is 0 Å².